The van der Waals surface area contributed by atoms with Crippen molar-refractivity contribution in [2.24, 2.45) is 0 Å². The van der Waals surface area contributed by atoms with E-state index in [2.05, 4.69) is 58.0 Å². The van der Waals surface area contributed by atoms with E-state index in [0.717, 1.165) is 16.3 Å². The van der Waals surface area contributed by atoms with Crippen LogP contribution >= 0.6 is 0 Å². The lowest BCUT2D eigenvalue weighted by atomic mass is 9.89. The average Bonchev–Trinajstić information content (AvgIpc) is 2.69. The van der Waals surface area contributed by atoms with E-state index in [0.29, 0.717) is 5.56 Å². The van der Waals surface area contributed by atoms with Gasteiger partial charge in [-0.25, -0.2) is 4.79 Å². The number of hydrogen-bond acceptors (Lipinski definition) is 1. The second kappa shape index (κ2) is 6.24. The summed E-state index contributed by atoms with van der Waals surface area (Å²) in [5, 5.41) is 13.8. The maximum Gasteiger partial charge on any atom is 0.335 e. The van der Waals surface area contributed by atoms with Crippen molar-refractivity contribution < 1.29 is 9.90 Å². The number of rotatable bonds is 2. The van der Waals surface area contributed by atoms with Crippen LogP contribution in [0.4, 0.5) is 0 Å². The van der Waals surface area contributed by atoms with Crippen LogP contribution in [-0.2, 0) is 0 Å². The summed E-state index contributed by atoms with van der Waals surface area (Å²) in [6.07, 6.45) is 0. The van der Waals surface area contributed by atoms with Gasteiger partial charge >= 0.3 is 5.97 Å². The summed E-state index contributed by atoms with van der Waals surface area (Å²) in [6.45, 7) is 8.78. The molecule has 4 aromatic rings. The van der Waals surface area contributed by atoms with Crippen molar-refractivity contribution in [1.82, 2.24) is 0 Å². The van der Waals surface area contributed by atoms with E-state index in [1.54, 1.807) is 12.1 Å². The maximum atomic E-state index is 11.2. The first kappa shape index (κ1) is 17.3. The molecule has 4 aromatic carbocycles. The SMILES string of the molecule is Cc1c(C)c(C)c2cc(-c3ccc4cc(C(=O)O)ccc4c3)ccc2c1C. The van der Waals surface area contributed by atoms with Crippen molar-refractivity contribution in [2.75, 3.05) is 0 Å². The lowest BCUT2D eigenvalue weighted by Gasteiger charge is -2.15. The van der Waals surface area contributed by atoms with Gasteiger partial charge in [-0.1, -0.05) is 30.3 Å². The number of carboxylic acids is 1. The maximum absolute atomic E-state index is 11.2. The van der Waals surface area contributed by atoms with Gasteiger partial charge < -0.3 is 5.11 Å². The summed E-state index contributed by atoms with van der Waals surface area (Å²) >= 11 is 0. The van der Waals surface area contributed by atoms with Crippen LogP contribution in [0.5, 0.6) is 0 Å². The first-order chi connectivity index (χ1) is 12.9. The summed E-state index contributed by atoms with van der Waals surface area (Å²) < 4.78 is 0. The highest BCUT2D eigenvalue weighted by atomic mass is 16.4. The lowest BCUT2D eigenvalue weighted by molar-refractivity contribution is 0.0697. The standard InChI is InChI=1S/C25H22O2/c1-14-15(2)17(4)24-13-21(9-10-23(24)16(14)3)19-5-6-20-12-22(25(26)27)8-7-18(20)11-19/h5-13H,1-4H3,(H,26,27). The number of fused-ring (bicyclic) bond motifs is 2. The topological polar surface area (TPSA) is 37.3 Å². The minimum Gasteiger partial charge on any atom is -0.478 e. The molecule has 2 nitrogen and oxygen atoms in total. The first-order valence-electron chi connectivity index (χ1n) is 9.14. The third-order valence-electron chi connectivity index (χ3n) is 5.94. The van der Waals surface area contributed by atoms with E-state index in [-0.39, 0.29) is 0 Å². The molecule has 0 bridgehead atoms. The molecule has 0 heterocycles. The van der Waals surface area contributed by atoms with Crippen LogP contribution in [0.1, 0.15) is 32.6 Å². The summed E-state index contributed by atoms with van der Waals surface area (Å²) in [5.74, 6) is -0.896. The van der Waals surface area contributed by atoms with Crippen molar-refractivity contribution in [2.45, 2.75) is 27.7 Å². The Hall–Kier alpha value is -3.13. The number of aryl methyl sites for hydroxylation is 2. The fourth-order valence-electron chi connectivity index (χ4n) is 3.89. The third-order valence-corrected chi connectivity index (χ3v) is 5.94. The van der Waals surface area contributed by atoms with Gasteiger partial charge in [0.05, 0.1) is 5.56 Å². The Kier molecular flexibility index (Phi) is 4.00. The number of benzene rings is 4. The second-order valence-electron chi connectivity index (χ2n) is 7.34. The van der Waals surface area contributed by atoms with E-state index >= 15 is 0 Å². The molecule has 0 amide bonds. The van der Waals surface area contributed by atoms with Crippen LogP contribution in [0.3, 0.4) is 0 Å². The number of aromatic carboxylic acids is 1. The second-order valence-corrected chi connectivity index (χ2v) is 7.34. The molecule has 0 atom stereocenters. The van der Waals surface area contributed by atoms with Gasteiger partial charge in [-0.3, -0.25) is 0 Å². The fourth-order valence-corrected chi connectivity index (χ4v) is 3.89. The van der Waals surface area contributed by atoms with Gasteiger partial charge in [0.2, 0.25) is 0 Å². The van der Waals surface area contributed by atoms with Crippen LogP contribution < -0.4 is 0 Å². The fraction of sp³-hybridized carbons (Fsp3) is 0.160. The zero-order valence-corrected chi connectivity index (χ0v) is 16.1. The molecule has 0 aliphatic carbocycles. The number of carboxylic acid groups (broad SMARTS) is 1. The van der Waals surface area contributed by atoms with Crippen molar-refractivity contribution in [3.63, 3.8) is 0 Å². The van der Waals surface area contributed by atoms with Crippen LogP contribution in [0.2, 0.25) is 0 Å². The summed E-state index contributed by atoms with van der Waals surface area (Å²) in [4.78, 5) is 11.2. The third kappa shape index (κ3) is 2.78. The van der Waals surface area contributed by atoms with E-state index in [1.165, 1.54) is 38.6 Å². The van der Waals surface area contributed by atoms with E-state index in [1.807, 2.05) is 12.1 Å². The van der Waals surface area contributed by atoms with E-state index in [4.69, 9.17) is 5.11 Å². The quantitative estimate of drug-likeness (QED) is 0.441. The van der Waals surface area contributed by atoms with E-state index < -0.39 is 5.97 Å². The Morgan fingerprint density at radius 1 is 0.630 bits per heavy atom. The minimum atomic E-state index is -0.896. The van der Waals surface area contributed by atoms with Gasteiger partial charge in [-0.2, -0.15) is 0 Å². The molecule has 0 saturated heterocycles. The minimum absolute atomic E-state index is 0.318. The van der Waals surface area contributed by atoms with Crippen LogP contribution in [0.25, 0.3) is 32.7 Å². The lowest BCUT2D eigenvalue weighted by Crippen LogP contribution is -1.95. The van der Waals surface area contributed by atoms with Crippen molar-refractivity contribution >= 4 is 27.5 Å². The summed E-state index contributed by atoms with van der Waals surface area (Å²) in [5.41, 5.74) is 8.05. The number of hydrogen-bond donors (Lipinski definition) is 1. The van der Waals surface area contributed by atoms with Crippen molar-refractivity contribution in [1.29, 1.82) is 0 Å². The molecule has 134 valence electrons. The Bertz CT molecular complexity index is 1230. The molecule has 0 aliphatic heterocycles. The highest BCUT2D eigenvalue weighted by Gasteiger charge is 2.11. The predicted octanol–water partition coefficient (Wildman–Crippen LogP) is 6.59. The molecule has 0 aliphatic rings. The normalized spacial score (nSPS) is 11.3. The van der Waals surface area contributed by atoms with Crippen molar-refractivity contribution in [3.05, 3.63) is 82.4 Å². The Labute approximate surface area is 159 Å². The molecule has 0 fully saturated rings. The highest BCUT2D eigenvalue weighted by Crippen LogP contribution is 2.33. The van der Waals surface area contributed by atoms with Gasteiger partial charge in [0.1, 0.15) is 0 Å². The van der Waals surface area contributed by atoms with Crippen molar-refractivity contribution in [3.8, 4) is 11.1 Å². The molecular formula is C25H22O2. The molecule has 0 unspecified atom stereocenters. The molecule has 0 saturated carbocycles. The molecule has 0 radical (unpaired) electrons. The van der Waals surface area contributed by atoms with Gasteiger partial charge in [0.15, 0.2) is 0 Å². The van der Waals surface area contributed by atoms with Crippen LogP contribution in [0, 0.1) is 27.7 Å². The molecule has 27 heavy (non-hydrogen) atoms. The molecular weight excluding hydrogens is 332 g/mol. The number of carbonyl (C=O) groups is 1. The van der Waals surface area contributed by atoms with Crippen LogP contribution in [-0.4, -0.2) is 11.1 Å². The van der Waals surface area contributed by atoms with Gasteiger partial charge in [-0.15, -0.1) is 0 Å². The molecule has 2 heteroatoms. The monoisotopic (exact) mass is 354 g/mol. The summed E-state index contributed by atoms with van der Waals surface area (Å²) in [7, 11) is 0. The highest BCUT2D eigenvalue weighted by molar-refractivity contribution is 5.97. The molecule has 4 rings (SSSR count). The van der Waals surface area contributed by atoms with Crippen LogP contribution in [0.15, 0.2) is 54.6 Å². The Morgan fingerprint density at radius 2 is 1.19 bits per heavy atom. The largest absolute Gasteiger partial charge is 0.478 e. The van der Waals surface area contributed by atoms with Gasteiger partial charge in [-0.05, 0) is 107 Å². The van der Waals surface area contributed by atoms with E-state index in [9.17, 15) is 4.79 Å². The molecule has 1 N–H and O–H groups in total. The zero-order chi connectivity index (χ0) is 19.3. The first-order valence-corrected chi connectivity index (χ1v) is 9.14. The Morgan fingerprint density at radius 3 is 1.89 bits per heavy atom. The zero-order valence-electron chi connectivity index (χ0n) is 16.1. The Balaban J connectivity index is 1.89. The average molecular weight is 354 g/mol. The van der Waals surface area contributed by atoms with Gasteiger partial charge in [0, 0.05) is 0 Å². The smallest absolute Gasteiger partial charge is 0.335 e. The summed E-state index contributed by atoms with van der Waals surface area (Å²) in [6, 6.07) is 18.1. The molecule has 0 aromatic heterocycles. The van der Waals surface area contributed by atoms with Gasteiger partial charge in [0.25, 0.3) is 0 Å². The predicted molar refractivity (Wildman–Crippen MR) is 113 cm³/mol. The molecule has 0 spiro atoms.